The van der Waals surface area contributed by atoms with Crippen molar-refractivity contribution in [2.24, 2.45) is 0 Å². The Hall–Kier alpha value is -11.8. The Kier molecular flexibility index (Phi) is 25.0. The van der Waals surface area contributed by atoms with Crippen molar-refractivity contribution in [3.8, 4) is 50.6 Å². The number of carbonyl (C=O) groups is 6. The predicted molar refractivity (Wildman–Crippen MR) is 431 cm³/mol. The molecule has 15 rings (SSSR count). The van der Waals surface area contributed by atoms with Crippen LogP contribution in [0.25, 0.3) is 33.4 Å². The first-order valence-corrected chi connectivity index (χ1v) is 38.9. The van der Waals surface area contributed by atoms with E-state index in [2.05, 4.69) is 52.1 Å². The third-order valence-electron chi connectivity index (χ3n) is 22.0. The number of nitrogens with zero attached hydrogens (tertiary/aromatic N) is 4. The summed E-state index contributed by atoms with van der Waals surface area (Å²) in [5, 5.41) is 53.4. The number of aliphatic hydroxyl groups is 3. The first-order valence-electron chi connectivity index (χ1n) is 38.9. The van der Waals surface area contributed by atoms with E-state index in [1.165, 1.54) is 38.4 Å². The minimum absolute atomic E-state index is 0.0658. The molecule has 0 saturated carbocycles. The van der Waals surface area contributed by atoms with E-state index in [4.69, 9.17) is 28.4 Å². The summed E-state index contributed by atoms with van der Waals surface area (Å²) in [5.74, 6) is -7.76. The lowest BCUT2D eigenvalue weighted by Gasteiger charge is -2.36. The average molecular weight is 1660 g/mol. The molecule has 9 heterocycles. The van der Waals surface area contributed by atoms with E-state index in [9.17, 15) is 74.8 Å². The van der Waals surface area contributed by atoms with Gasteiger partial charge in [0.05, 0.1) is 48.6 Å². The van der Waals surface area contributed by atoms with E-state index in [1.54, 1.807) is 43.3 Å². The highest BCUT2D eigenvalue weighted by molar-refractivity contribution is 6.08. The zero-order chi connectivity index (χ0) is 86.0. The number of amides is 6. The molecule has 9 aromatic rings. The fourth-order valence-corrected chi connectivity index (χ4v) is 14.8. The van der Waals surface area contributed by atoms with Gasteiger partial charge in [0.15, 0.2) is 5.69 Å². The number of fused-ring (bicyclic) bond motifs is 3. The summed E-state index contributed by atoms with van der Waals surface area (Å²) >= 11 is 0. The highest BCUT2D eigenvalue weighted by Gasteiger charge is 2.46. The lowest BCUT2D eigenvalue weighted by molar-refractivity contribution is -0.138. The standard InChI is InChI=1S/2C30H31F2N3O5.C28H27F3N4O5/c1-17-4-5-21(34-27(37)19-6-9-33-25(14-19)30(3,31)32)15-22(17)20-12-23(18-7-10-39-11-8-18)26-24(13-20)40-29(2,16-36)28(38)35-26;1-17-4-5-21(34-27(37)19-6-9-33-25(14-19)30(3,31)32)15-22(17)20-12-23(18-7-10-39-11-8-18)26-24(13-20)35-28(38)29(2,16-36)40-26;1-15-3-4-19(33-25(37)23-11-18(13-32-35-23)28(29,30)31)12-20(15)17-9-21(16-5-7-39-8-6-16)24-22(10-17)34-26(38)27(2,14-36)40-24/h2*4-6,9,12-15,18,36H,7-8,10-11,16H2,1-3H3,(H,34,37)(H,35,38);3-4,9-13,16,36H,5-8,14H2,1-2H3,(H,33,37)(H,34,38). The number of anilines is 6. The topological polar surface area (TPSA) is 342 Å². The van der Waals surface area contributed by atoms with E-state index in [1.807, 2.05) is 75.4 Å². The number of nitrogens with one attached hydrogen (secondary N) is 6. The third kappa shape index (κ3) is 18.9. The summed E-state index contributed by atoms with van der Waals surface area (Å²) in [6.07, 6.45) is 2.88. The average Bonchev–Trinajstić information content (AvgIpc) is 0.760. The smallest absolute Gasteiger partial charge is 0.418 e. The number of carbonyl (C=O) groups excluding carboxylic acids is 6. The second kappa shape index (κ2) is 34.9. The molecule has 120 heavy (non-hydrogen) atoms. The fourth-order valence-electron chi connectivity index (χ4n) is 14.8. The molecule has 630 valence electrons. The molecule has 0 bridgehead atoms. The number of halogens is 7. The molecule has 3 atom stereocenters. The van der Waals surface area contributed by atoms with E-state index in [0.29, 0.717) is 103 Å². The maximum Gasteiger partial charge on any atom is 0.418 e. The summed E-state index contributed by atoms with van der Waals surface area (Å²) < 4.78 is 129. The second-order valence-electron chi connectivity index (χ2n) is 31.2. The third-order valence-corrected chi connectivity index (χ3v) is 22.0. The van der Waals surface area contributed by atoms with E-state index in [-0.39, 0.29) is 28.9 Å². The van der Waals surface area contributed by atoms with Gasteiger partial charge in [-0.2, -0.15) is 35.8 Å². The molecule has 3 unspecified atom stereocenters. The van der Waals surface area contributed by atoms with Crippen LogP contribution in [0.1, 0.15) is 172 Å². The summed E-state index contributed by atoms with van der Waals surface area (Å²) in [4.78, 5) is 84.3. The summed E-state index contributed by atoms with van der Waals surface area (Å²) in [5.41, 5.74) is 6.33. The van der Waals surface area contributed by atoms with Gasteiger partial charge in [-0.05, 0) is 257 Å². The van der Waals surface area contributed by atoms with Gasteiger partial charge in [0.1, 0.15) is 28.6 Å². The van der Waals surface area contributed by atoms with Crippen molar-refractivity contribution >= 4 is 69.6 Å². The van der Waals surface area contributed by atoms with E-state index < -0.39 is 113 Å². The van der Waals surface area contributed by atoms with E-state index in [0.717, 1.165) is 131 Å². The van der Waals surface area contributed by atoms with Gasteiger partial charge in [0.2, 0.25) is 16.8 Å². The van der Waals surface area contributed by atoms with Crippen LogP contribution in [-0.4, -0.2) is 147 Å². The van der Waals surface area contributed by atoms with Crippen LogP contribution >= 0.6 is 0 Å². The Morgan fingerprint density at radius 2 is 0.833 bits per heavy atom. The van der Waals surface area contributed by atoms with Gasteiger partial charge in [0.25, 0.3) is 47.3 Å². The van der Waals surface area contributed by atoms with Crippen molar-refractivity contribution in [3.05, 3.63) is 207 Å². The van der Waals surface area contributed by atoms with Crippen molar-refractivity contribution in [2.45, 2.75) is 146 Å². The number of hydrogen-bond donors (Lipinski definition) is 9. The van der Waals surface area contributed by atoms with Crippen LogP contribution in [0, 0.1) is 20.8 Å². The first kappa shape index (κ1) is 86.1. The lowest BCUT2D eigenvalue weighted by Crippen LogP contribution is -2.51. The van der Waals surface area contributed by atoms with Gasteiger partial charge < -0.3 is 75.6 Å². The molecule has 6 aromatic carbocycles. The summed E-state index contributed by atoms with van der Waals surface area (Å²) in [6.45, 7) is 13.9. The number of aliphatic hydroxyl groups excluding tert-OH is 3. The van der Waals surface area contributed by atoms with Crippen LogP contribution in [0.4, 0.5) is 64.9 Å². The largest absolute Gasteiger partial charge is 0.473 e. The molecule has 6 amide bonds. The van der Waals surface area contributed by atoms with Crippen LogP contribution in [-0.2, 0) is 46.6 Å². The van der Waals surface area contributed by atoms with Gasteiger partial charge in [-0.25, -0.2) is 0 Å². The van der Waals surface area contributed by atoms with Crippen LogP contribution in [0.5, 0.6) is 17.2 Å². The predicted octanol–water partition coefficient (Wildman–Crippen LogP) is 15.5. The number of rotatable bonds is 17. The second-order valence-corrected chi connectivity index (χ2v) is 31.2. The number of aromatic nitrogens is 4. The first-order chi connectivity index (χ1) is 56.9. The molecule has 3 aromatic heterocycles. The van der Waals surface area contributed by atoms with Crippen LogP contribution in [0.3, 0.4) is 0 Å². The molecule has 6 aliphatic rings. The lowest BCUT2D eigenvalue weighted by atomic mass is 9.86. The molecule has 6 aliphatic heterocycles. The maximum absolute atomic E-state index is 13.7. The summed E-state index contributed by atoms with van der Waals surface area (Å²) in [7, 11) is 0. The van der Waals surface area contributed by atoms with Crippen LogP contribution in [0.2, 0.25) is 0 Å². The molecule has 25 nitrogen and oxygen atoms in total. The molecule has 3 fully saturated rings. The Labute approximate surface area is 685 Å². The van der Waals surface area contributed by atoms with E-state index >= 15 is 0 Å². The van der Waals surface area contributed by atoms with Gasteiger partial charge in [0, 0.05) is 105 Å². The van der Waals surface area contributed by atoms with Crippen molar-refractivity contribution in [3.63, 3.8) is 0 Å². The molecule has 9 N–H and O–H groups in total. The van der Waals surface area contributed by atoms with Crippen molar-refractivity contribution in [1.82, 2.24) is 20.2 Å². The Morgan fingerprint density at radius 3 is 1.23 bits per heavy atom. The molecule has 3 saturated heterocycles. The minimum atomic E-state index is -4.66. The zero-order valence-electron chi connectivity index (χ0n) is 66.8. The minimum Gasteiger partial charge on any atom is -0.473 e. The maximum atomic E-state index is 13.7. The number of alkyl halides is 7. The monoisotopic (exact) mass is 1660 g/mol. The van der Waals surface area contributed by atoms with Crippen molar-refractivity contribution in [2.75, 3.05) is 91.4 Å². The Bertz CT molecular complexity index is 5230. The Balaban J connectivity index is 0.000000156. The number of pyridine rings is 2. The molecule has 0 radical (unpaired) electrons. The fraction of sp³-hybridized carbons (Fsp3) is 0.364. The summed E-state index contributed by atoms with van der Waals surface area (Å²) in [6, 6.07) is 32.9. The molecular formula is C88H89F7N10O15. The van der Waals surface area contributed by atoms with Crippen LogP contribution in [0.15, 0.2) is 140 Å². The number of hydrogen-bond acceptors (Lipinski definition) is 19. The normalized spacial score (nSPS) is 19.4. The molecule has 0 spiro atoms. The van der Waals surface area contributed by atoms with Gasteiger partial charge in [-0.3, -0.25) is 38.7 Å². The Morgan fingerprint density at radius 1 is 0.467 bits per heavy atom. The van der Waals surface area contributed by atoms with Crippen LogP contribution < -0.4 is 46.1 Å². The quantitative estimate of drug-likeness (QED) is 0.0382. The number of aryl methyl sites for hydroxylation is 3. The molecule has 32 heteroatoms. The van der Waals surface area contributed by atoms with Crippen molar-refractivity contribution < 1.29 is 103 Å². The molecular weight excluding hydrogens is 1570 g/mol. The van der Waals surface area contributed by atoms with Gasteiger partial charge in [-0.15, -0.1) is 5.10 Å². The number of ether oxygens (including phenoxy) is 6. The van der Waals surface area contributed by atoms with Crippen molar-refractivity contribution in [1.29, 1.82) is 0 Å². The molecule has 0 aliphatic carbocycles. The SMILES string of the molecule is Cc1ccc(NC(=O)c2cc(C(F)(F)F)cnn2)cc1-c1cc2c(c(C3CCOCC3)c1)OC(C)(CO)C(=O)N2.Cc1ccc(NC(=O)c2ccnc(C(C)(F)F)c2)cc1-c1cc2c(c(C3CCOCC3)c1)NC(=O)C(C)(CO)O2.Cc1ccc(NC(=O)c2ccnc(C(C)(F)F)c2)cc1-c1cc2c(c(C3CCOCC3)c1)OC(C)(CO)C(=O)N2. The number of benzene rings is 6. The highest BCUT2D eigenvalue weighted by atomic mass is 19.4. The van der Waals surface area contributed by atoms with Gasteiger partial charge in [-0.1, -0.05) is 18.2 Å². The zero-order valence-corrected chi connectivity index (χ0v) is 66.8. The highest BCUT2D eigenvalue weighted by Crippen LogP contribution is 2.50. The van der Waals surface area contributed by atoms with Gasteiger partial charge >= 0.3 is 6.18 Å².